The van der Waals surface area contributed by atoms with Crippen LogP contribution in [0.15, 0.2) is 29.3 Å². The topological polar surface area (TPSA) is 79.6 Å². The summed E-state index contributed by atoms with van der Waals surface area (Å²) in [5, 5.41) is 17.1. The van der Waals surface area contributed by atoms with Gasteiger partial charge in [-0.3, -0.25) is 10.1 Å². The fourth-order valence-electron chi connectivity index (χ4n) is 1.81. The first kappa shape index (κ1) is 18.3. The summed E-state index contributed by atoms with van der Waals surface area (Å²) in [6.07, 6.45) is 4.42. The zero-order chi connectivity index (χ0) is 16.2. The molecule has 2 N–H and O–H groups in total. The second-order valence-electron chi connectivity index (χ2n) is 4.75. The number of hydrogen-bond acceptors (Lipinski definition) is 4. The van der Waals surface area contributed by atoms with Crippen LogP contribution in [0.5, 0.6) is 0 Å². The Morgan fingerprint density at radius 1 is 1.27 bits per heavy atom. The van der Waals surface area contributed by atoms with E-state index >= 15 is 0 Å². The molecule has 0 aliphatic heterocycles. The molecule has 0 heterocycles. The molecular formula is C15H24N4O2S. The number of hydrogen-bond donors (Lipinski definition) is 2. The van der Waals surface area contributed by atoms with Gasteiger partial charge in [0.25, 0.3) is 5.69 Å². The van der Waals surface area contributed by atoms with Crippen LogP contribution in [0.4, 0.5) is 5.69 Å². The molecule has 0 spiro atoms. The average molecular weight is 324 g/mol. The van der Waals surface area contributed by atoms with Crippen molar-refractivity contribution in [2.24, 2.45) is 4.99 Å². The molecule has 6 nitrogen and oxygen atoms in total. The van der Waals surface area contributed by atoms with E-state index in [2.05, 4.69) is 21.9 Å². The Balaban J connectivity index is 2.48. The van der Waals surface area contributed by atoms with E-state index in [0.29, 0.717) is 6.54 Å². The lowest BCUT2D eigenvalue weighted by molar-refractivity contribution is -0.384. The maximum Gasteiger partial charge on any atom is 0.269 e. The Morgan fingerprint density at radius 2 is 2.00 bits per heavy atom. The van der Waals surface area contributed by atoms with Gasteiger partial charge in [0.1, 0.15) is 0 Å². The highest BCUT2D eigenvalue weighted by atomic mass is 32.2. The van der Waals surface area contributed by atoms with Crippen molar-refractivity contribution >= 4 is 23.4 Å². The second kappa shape index (κ2) is 10.9. The van der Waals surface area contributed by atoms with Crippen molar-refractivity contribution in [3.05, 3.63) is 39.9 Å². The molecule has 0 fully saturated rings. The number of benzene rings is 1. The predicted octanol–water partition coefficient (Wildman–Crippen LogP) is 2.79. The van der Waals surface area contributed by atoms with Crippen LogP contribution < -0.4 is 10.6 Å². The maximum absolute atomic E-state index is 10.6. The number of nitro benzene ring substituents is 1. The van der Waals surface area contributed by atoms with Crippen LogP contribution in [0.1, 0.15) is 25.3 Å². The van der Waals surface area contributed by atoms with Crippen LogP contribution in [0.25, 0.3) is 0 Å². The number of aliphatic imine (C=N–C) groups is 1. The highest BCUT2D eigenvalue weighted by Gasteiger charge is 2.03. The standard InChI is InChI=1S/C15H24N4O2S/c1-3-16-15(17-10-4-5-11-22-2)18-12-13-6-8-14(9-7-13)19(20)21/h6-9H,3-5,10-12H2,1-2H3,(H2,16,17,18). The third-order valence-electron chi connectivity index (χ3n) is 2.98. The summed E-state index contributed by atoms with van der Waals surface area (Å²) in [6.45, 7) is 4.22. The Hall–Kier alpha value is -1.76. The normalized spacial score (nSPS) is 11.3. The van der Waals surface area contributed by atoms with E-state index in [0.717, 1.165) is 31.0 Å². The van der Waals surface area contributed by atoms with Gasteiger partial charge in [-0.05, 0) is 37.3 Å². The van der Waals surface area contributed by atoms with Gasteiger partial charge >= 0.3 is 0 Å². The van der Waals surface area contributed by atoms with Gasteiger partial charge in [-0.25, -0.2) is 4.99 Å². The van der Waals surface area contributed by atoms with Gasteiger partial charge in [-0.2, -0.15) is 11.8 Å². The number of nitrogens with zero attached hydrogens (tertiary/aromatic N) is 2. The number of guanidine groups is 1. The molecule has 0 atom stereocenters. The number of unbranched alkanes of at least 4 members (excludes halogenated alkanes) is 1. The van der Waals surface area contributed by atoms with Gasteiger partial charge in [0, 0.05) is 25.2 Å². The molecule has 0 saturated carbocycles. The minimum Gasteiger partial charge on any atom is -0.357 e. The molecule has 0 radical (unpaired) electrons. The number of non-ortho nitro benzene ring substituents is 1. The number of rotatable bonds is 9. The fraction of sp³-hybridized carbons (Fsp3) is 0.533. The van der Waals surface area contributed by atoms with Crippen LogP contribution in [-0.4, -0.2) is 36.0 Å². The van der Waals surface area contributed by atoms with Crippen LogP contribution in [0.3, 0.4) is 0 Å². The van der Waals surface area contributed by atoms with Crippen LogP contribution in [0, 0.1) is 10.1 Å². The average Bonchev–Trinajstić information content (AvgIpc) is 2.52. The van der Waals surface area contributed by atoms with Crippen LogP contribution in [-0.2, 0) is 6.54 Å². The van der Waals surface area contributed by atoms with Crippen molar-refractivity contribution in [2.45, 2.75) is 26.3 Å². The first-order valence-electron chi connectivity index (χ1n) is 7.41. The van der Waals surface area contributed by atoms with Gasteiger partial charge in [-0.1, -0.05) is 12.1 Å². The van der Waals surface area contributed by atoms with Crippen LogP contribution in [0.2, 0.25) is 0 Å². The van der Waals surface area contributed by atoms with E-state index in [-0.39, 0.29) is 5.69 Å². The summed E-state index contributed by atoms with van der Waals surface area (Å²) < 4.78 is 0. The lowest BCUT2D eigenvalue weighted by atomic mass is 10.2. The molecular weight excluding hydrogens is 300 g/mol. The molecule has 0 aliphatic carbocycles. The van der Waals surface area contributed by atoms with E-state index in [1.165, 1.54) is 24.3 Å². The van der Waals surface area contributed by atoms with E-state index in [1.54, 1.807) is 12.1 Å². The van der Waals surface area contributed by atoms with Gasteiger partial charge in [0.2, 0.25) is 0 Å². The molecule has 0 aromatic heterocycles. The predicted molar refractivity (Wildman–Crippen MR) is 93.5 cm³/mol. The molecule has 122 valence electrons. The molecule has 0 aliphatic rings. The Bertz CT molecular complexity index is 477. The highest BCUT2D eigenvalue weighted by Crippen LogP contribution is 2.12. The van der Waals surface area contributed by atoms with Gasteiger partial charge < -0.3 is 10.6 Å². The Kier molecular flexibility index (Phi) is 9.06. The quantitative estimate of drug-likeness (QED) is 0.240. The minimum atomic E-state index is -0.396. The smallest absolute Gasteiger partial charge is 0.269 e. The van der Waals surface area contributed by atoms with Gasteiger partial charge in [0.05, 0.1) is 11.5 Å². The lowest BCUT2D eigenvalue weighted by Gasteiger charge is -2.11. The molecule has 22 heavy (non-hydrogen) atoms. The van der Waals surface area contributed by atoms with Crippen molar-refractivity contribution in [2.75, 3.05) is 25.1 Å². The summed E-state index contributed by atoms with van der Waals surface area (Å²) in [5.41, 5.74) is 1.05. The summed E-state index contributed by atoms with van der Waals surface area (Å²) >= 11 is 1.86. The molecule has 7 heteroatoms. The van der Waals surface area contributed by atoms with E-state index in [1.807, 2.05) is 18.7 Å². The lowest BCUT2D eigenvalue weighted by Crippen LogP contribution is -2.37. The number of thioether (sulfide) groups is 1. The third-order valence-corrected chi connectivity index (χ3v) is 3.68. The van der Waals surface area contributed by atoms with Gasteiger partial charge in [-0.15, -0.1) is 0 Å². The van der Waals surface area contributed by atoms with E-state index in [9.17, 15) is 10.1 Å². The zero-order valence-corrected chi connectivity index (χ0v) is 14.0. The van der Waals surface area contributed by atoms with E-state index in [4.69, 9.17) is 0 Å². The SMILES string of the molecule is CCNC(=NCc1ccc([N+](=O)[O-])cc1)NCCCCSC. The van der Waals surface area contributed by atoms with Crippen molar-refractivity contribution in [3.63, 3.8) is 0 Å². The van der Waals surface area contributed by atoms with Crippen molar-refractivity contribution in [3.8, 4) is 0 Å². The highest BCUT2D eigenvalue weighted by molar-refractivity contribution is 7.98. The van der Waals surface area contributed by atoms with Crippen molar-refractivity contribution < 1.29 is 4.92 Å². The third kappa shape index (κ3) is 7.31. The largest absolute Gasteiger partial charge is 0.357 e. The Morgan fingerprint density at radius 3 is 2.59 bits per heavy atom. The molecule has 1 aromatic carbocycles. The fourth-order valence-corrected chi connectivity index (χ4v) is 2.31. The zero-order valence-electron chi connectivity index (χ0n) is 13.2. The maximum atomic E-state index is 10.6. The first-order chi connectivity index (χ1) is 10.7. The summed E-state index contributed by atoms with van der Waals surface area (Å²) in [6, 6.07) is 6.49. The van der Waals surface area contributed by atoms with Crippen molar-refractivity contribution in [1.82, 2.24) is 10.6 Å². The summed E-state index contributed by atoms with van der Waals surface area (Å²) in [4.78, 5) is 14.7. The number of nitro groups is 1. The minimum absolute atomic E-state index is 0.103. The molecule has 1 aromatic rings. The molecule has 0 bridgehead atoms. The first-order valence-corrected chi connectivity index (χ1v) is 8.81. The molecule has 0 unspecified atom stereocenters. The van der Waals surface area contributed by atoms with Crippen LogP contribution >= 0.6 is 11.8 Å². The molecule has 0 amide bonds. The molecule has 0 saturated heterocycles. The van der Waals surface area contributed by atoms with E-state index < -0.39 is 4.92 Å². The summed E-state index contributed by atoms with van der Waals surface area (Å²) in [5.74, 6) is 1.96. The van der Waals surface area contributed by atoms with Crippen molar-refractivity contribution in [1.29, 1.82) is 0 Å². The number of nitrogens with one attached hydrogen (secondary N) is 2. The molecule has 1 rings (SSSR count). The Labute approximate surface area is 135 Å². The monoisotopic (exact) mass is 324 g/mol. The summed E-state index contributed by atoms with van der Waals surface area (Å²) in [7, 11) is 0. The second-order valence-corrected chi connectivity index (χ2v) is 5.73. The van der Waals surface area contributed by atoms with Gasteiger partial charge in [0.15, 0.2) is 5.96 Å².